The molecular weight excluding hydrogens is 431 g/mol. The van der Waals surface area contributed by atoms with Crippen molar-refractivity contribution >= 4 is 52.9 Å². The largest absolute Gasteiger partial charge is 0.352 e. The van der Waals surface area contributed by atoms with E-state index in [4.69, 9.17) is 11.6 Å². The summed E-state index contributed by atoms with van der Waals surface area (Å²) in [4.78, 5) is 8.72. The lowest BCUT2D eigenvalue weighted by atomic mass is 10.2. The van der Waals surface area contributed by atoms with Crippen molar-refractivity contribution in [1.82, 2.24) is 15.6 Å². The third-order valence-electron chi connectivity index (χ3n) is 2.97. The SMILES string of the molecule is CCc1nc(CNC(=NC)NCc2ccccc2Cl)cs1.I. The van der Waals surface area contributed by atoms with Gasteiger partial charge in [-0.15, -0.1) is 35.3 Å². The van der Waals surface area contributed by atoms with Crippen molar-refractivity contribution in [2.75, 3.05) is 7.05 Å². The average molecular weight is 451 g/mol. The number of hydrogen-bond donors (Lipinski definition) is 2. The van der Waals surface area contributed by atoms with Gasteiger partial charge in [0.05, 0.1) is 17.2 Å². The second kappa shape index (κ2) is 10.0. The van der Waals surface area contributed by atoms with Crippen LogP contribution in [0.5, 0.6) is 0 Å². The first-order valence-corrected chi connectivity index (χ1v) is 8.10. The van der Waals surface area contributed by atoms with Crippen molar-refractivity contribution < 1.29 is 0 Å². The second-order valence-electron chi connectivity index (χ2n) is 4.46. The molecule has 1 aromatic heterocycles. The van der Waals surface area contributed by atoms with E-state index in [9.17, 15) is 0 Å². The number of benzene rings is 1. The predicted molar refractivity (Wildman–Crippen MR) is 105 cm³/mol. The predicted octanol–water partition coefficient (Wildman–Crippen LogP) is 3.84. The fraction of sp³-hybridized carbons (Fsp3) is 0.333. The topological polar surface area (TPSA) is 49.3 Å². The fourth-order valence-corrected chi connectivity index (χ4v) is 2.76. The minimum absolute atomic E-state index is 0. The minimum atomic E-state index is 0. The molecule has 0 aliphatic heterocycles. The molecule has 0 atom stereocenters. The van der Waals surface area contributed by atoms with Gasteiger partial charge < -0.3 is 10.6 Å². The summed E-state index contributed by atoms with van der Waals surface area (Å²) in [5, 5.41) is 10.5. The van der Waals surface area contributed by atoms with Gasteiger partial charge in [0, 0.05) is 24.0 Å². The highest BCUT2D eigenvalue weighted by molar-refractivity contribution is 14.0. The van der Waals surface area contributed by atoms with Gasteiger partial charge in [-0.3, -0.25) is 4.99 Å². The van der Waals surface area contributed by atoms with Crippen LogP contribution in [-0.4, -0.2) is 18.0 Å². The van der Waals surface area contributed by atoms with E-state index in [1.807, 2.05) is 24.3 Å². The smallest absolute Gasteiger partial charge is 0.191 e. The van der Waals surface area contributed by atoms with E-state index in [-0.39, 0.29) is 24.0 Å². The zero-order valence-electron chi connectivity index (χ0n) is 12.6. The maximum atomic E-state index is 6.13. The molecule has 0 radical (unpaired) electrons. The van der Waals surface area contributed by atoms with Gasteiger partial charge in [-0.05, 0) is 18.1 Å². The first kappa shape index (κ1) is 19.2. The third kappa shape index (κ3) is 5.73. The number of rotatable bonds is 5. The molecule has 0 saturated carbocycles. The summed E-state index contributed by atoms with van der Waals surface area (Å²) in [5.41, 5.74) is 2.08. The molecule has 0 unspecified atom stereocenters. The lowest BCUT2D eigenvalue weighted by molar-refractivity contribution is 0.795. The normalized spacial score (nSPS) is 11.0. The van der Waals surface area contributed by atoms with Crippen LogP contribution in [0, 0.1) is 0 Å². The van der Waals surface area contributed by atoms with E-state index >= 15 is 0 Å². The van der Waals surface area contributed by atoms with Crippen LogP contribution < -0.4 is 10.6 Å². The molecule has 2 rings (SSSR count). The monoisotopic (exact) mass is 450 g/mol. The molecule has 0 bridgehead atoms. The number of guanidine groups is 1. The number of thiazole rings is 1. The van der Waals surface area contributed by atoms with Crippen LogP contribution in [0.1, 0.15) is 23.2 Å². The molecule has 0 saturated heterocycles. The lowest BCUT2D eigenvalue weighted by Crippen LogP contribution is -2.36. The Hall–Kier alpha value is -0.860. The van der Waals surface area contributed by atoms with E-state index in [0.29, 0.717) is 13.1 Å². The molecule has 120 valence electrons. The Kier molecular flexibility index (Phi) is 8.74. The Morgan fingerprint density at radius 1 is 1.27 bits per heavy atom. The Morgan fingerprint density at radius 3 is 2.64 bits per heavy atom. The van der Waals surface area contributed by atoms with Gasteiger partial charge >= 0.3 is 0 Å². The van der Waals surface area contributed by atoms with Crippen LogP contribution >= 0.6 is 46.9 Å². The van der Waals surface area contributed by atoms with Crippen molar-refractivity contribution in [3.8, 4) is 0 Å². The maximum absolute atomic E-state index is 6.13. The zero-order chi connectivity index (χ0) is 15.1. The summed E-state index contributed by atoms with van der Waals surface area (Å²) in [6.07, 6.45) is 0.976. The third-order valence-corrected chi connectivity index (χ3v) is 4.38. The van der Waals surface area contributed by atoms with Gasteiger partial charge in [-0.1, -0.05) is 36.7 Å². The molecule has 1 aromatic carbocycles. The van der Waals surface area contributed by atoms with Crippen LogP contribution in [0.2, 0.25) is 5.02 Å². The van der Waals surface area contributed by atoms with E-state index in [2.05, 4.69) is 32.9 Å². The number of nitrogens with one attached hydrogen (secondary N) is 2. The molecule has 2 aromatic rings. The molecule has 4 nitrogen and oxygen atoms in total. The highest BCUT2D eigenvalue weighted by Crippen LogP contribution is 2.14. The van der Waals surface area contributed by atoms with E-state index < -0.39 is 0 Å². The van der Waals surface area contributed by atoms with Crippen molar-refractivity contribution in [3.05, 3.63) is 50.9 Å². The first-order chi connectivity index (χ1) is 10.2. The van der Waals surface area contributed by atoms with Gasteiger partial charge in [0.15, 0.2) is 5.96 Å². The van der Waals surface area contributed by atoms with Gasteiger partial charge in [0.25, 0.3) is 0 Å². The molecule has 2 N–H and O–H groups in total. The van der Waals surface area contributed by atoms with Crippen LogP contribution in [0.4, 0.5) is 0 Å². The lowest BCUT2D eigenvalue weighted by Gasteiger charge is -2.11. The molecular formula is C15H20ClIN4S. The molecule has 0 amide bonds. The van der Waals surface area contributed by atoms with Crippen molar-refractivity contribution in [3.63, 3.8) is 0 Å². The van der Waals surface area contributed by atoms with Crippen LogP contribution in [0.3, 0.4) is 0 Å². The second-order valence-corrected chi connectivity index (χ2v) is 5.81. The zero-order valence-corrected chi connectivity index (χ0v) is 16.5. The summed E-state index contributed by atoms with van der Waals surface area (Å²) in [6, 6.07) is 7.78. The molecule has 22 heavy (non-hydrogen) atoms. The number of aliphatic imine (C=N–C) groups is 1. The summed E-state index contributed by atoms with van der Waals surface area (Å²) in [7, 11) is 1.75. The number of hydrogen-bond acceptors (Lipinski definition) is 3. The molecule has 1 heterocycles. The number of halogens is 2. The van der Waals surface area contributed by atoms with Gasteiger partial charge in [0.1, 0.15) is 0 Å². The Bertz CT molecular complexity index is 615. The van der Waals surface area contributed by atoms with Gasteiger partial charge in [-0.2, -0.15) is 0 Å². The Morgan fingerprint density at radius 2 is 2.00 bits per heavy atom. The molecule has 0 aliphatic carbocycles. The minimum Gasteiger partial charge on any atom is -0.352 e. The number of nitrogens with zero attached hydrogens (tertiary/aromatic N) is 2. The first-order valence-electron chi connectivity index (χ1n) is 6.84. The summed E-state index contributed by atoms with van der Waals surface area (Å²) in [5.74, 6) is 0.737. The Balaban J connectivity index is 0.00000242. The summed E-state index contributed by atoms with van der Waals surface area (Å²) < 4.78 is 0. The van der Waals surface area contributed by atoms with E-state index in [0.717, 1.165) is 33.7 Å². The fourth-order valence-electron chi connectivity index (χ4n) is 1.81. The van der Waals surface area contributed by atoms with Crippen molar-refractivity contribution in [2.45, 2.75) is 26.4 Å². The number of aryl methyl sites for hydroxylation is 1. The standard InChI is InChI=1S/C15H19ClN4S.HI/c1-3-14-20-12(10-21-14)9-19-15(17-2)18-8-11-6-4-5-7-13(11)16;/h4-7,10H,3,8-9H2,1-2H3,(H2,17,18,19);1H. The molecule has 0 aliphatic rings. The maximum Gasteiger partial charge on any atom is 0.191 e. The van der Waals surface area contributed by atoms with Crippen LogP contribution in [0.25, 0.3) is 0 Å². The van der Waals surface area contributed by atoms with Crippen LogP contribution in [-0.2, 0) is 19.5 Å². The van der Waals surface area contributed by atoms with Crippen LogP contribution in [0.15, 0.2) is 34.6 Å². The molecule has 0 fully saturated rings. The summed E-state index contributed by atoms with van der Waals surface area (Å²) in [6.45, 7) is 3.41. The quantitative estimate of drug-likeness (QED) is 0.413. The van der Waals surface area contributed by atoms with E-state index in [1.165, 1.54) is 0 Å². The number of aromatic nitrogens is 1. The highest BCUT2D eigenvalue weighted by atomic mass is 127. The van der Waals surface area contributed by atoms with Crippen molar-refractivity contribution in [1.29, 1.82) is 0 Å². The average Bonchev–Trinajstić information content (AvgIpc) is 2.97. The van der Waals surface area contributed by atoms with E-state index in [1.54, 1.807) is 18.4 Å². The molecule has 0 spiro atoms. The highest BCUT2D eigenvalue weighted by Gasteiger charge is 2.04. The van der Waals surface area contributed by atoms with Gasteiger partial charge in [0.2, 0.25) is 0 Å². The summed E-state index contributed by atoms with van der Waals surface area (Å²) >= 11 is 7.83. The Labute approximate surface area is 157 Å². The van der Waals surface area contributed by atoms with Gasteiger partial charge in [-0.25, -0.2) is 4.98 Å². The molecule has 7 heteroatoms. The van der Waals surface area contributed by atoms with Crippen molar-refractivity contribution in [2.24, 2.45) is 4.99 Å².